The highest BCUT2D eigenvalue weighted by Gasteiger charge is 2.34. The van der Waals surface area contributed by atoms with Crippen molar-refractivity contribution in [1.82, 2.24) is 9.96 Å². The Morgan fingerprint density at radius 3 is 2.28 bits per heavy atom. The van der Waals surface area contributed by atoms with Gasteiger partial charge in [-0.05, 0) is 0 Å². The van der Waals surface area contributed by atoms with Crippen LogP contribution < -0.4 is 0 Å². The average molecular weight is 252 g/mol. The Labute approximate surface area is 101 Å². The average Bonchev–Trinajstić information content (AvgIpc) is 2.79. The van der Waals surface area contributed by atoms with Crippen LogP contribution in [0.1, 0.15) is 6.42 Å². The molecule has 0 aromatic carbocycles. The van der Waals surface area contributed by atoms with Crippen LogP contribution in [0.15, 0.2) is 12.2 Å². The molecule has 0 aromatic heterocycles. The summed E-state index contributed by atoms with van der Waals surface area (Å²) in [7, 11) is 0. The molecule has 0 bridgehead atoms. The van der Waals surface area contributed by atoms with Crippen LogP contribution in [0.2, 0.25) is 0 Å². The third kappa shape index (κ3) is 2.12. The highest BCUT2D eigenvalue weighted by molar-refractivity contribution is 6.37. The first-order valence-electron chi connectivity index (χ1n) is 5.08. The molecule has 2 heterocycles. The van der Waals surface area contributed by atoms with Crippen molar-refractivity contribution in [2.24, 2.45) is 0 Å². The predicted molar refractivity (Wildman–Crippen MR) is 53.3 cm³/mol. The maximum Gasteiger partial charge on any atom is 0.352 e. The number of rotatable bonds is 3. The highest BCUT2D eigenvalue weighted by atomic mass is 16.7. The molecule has 8 heteroatoms. The summed E-state index contributed by atoms with van der Waals surface area (Å²) >= 11 is 0. The maximum absolute atomic E-state index is 11.4. The SMILES string of the molecule is O=C(CN1C(=O)C=CC1=O)ON1CCC(=O)C1=O. The molecule has 1 saturated heterocycles. The van der Waals surface area contributed by atoms with Gasteiger partial charge in [-0.3, -0.25) is 24.1 Å². The monoisotopic (exact) mass is 252 g/mol. The molecule has 0 aromatic rings. The zero-order chi connectivity index (χ0) is 13.3. The summed E-state index contributed by atoms with van der Waals surface area (Å²) in [5, 5.41) is 0.628. The minimum absolute atomic E-state index is 0.0104. The van der Waals surface area contributed by atoms with E-state index in [-0.39, 0.29) is 13.0 Å². The number of amides is 3. The number of hydrogen-bond donors (Lipinski definition) is 0. The summed E-state index contributed by atoms with van der Waals surface area (Å²) < 4.78 is 0. The standard InChI is InChI=1S/C10H8N2O6/c13-6-3-4-12(10(6)17)18-9(16)5-11-7(14)1-2-8(11)15/h1-2H,3-5H2. The normalized spacial score (nSPS) is 19.1. The molecule has 0 radical (unpaired) electrons. The molecule has 0 saturated carbocycles. The minimum Gasteiger partial charge on any atom is -0.336 e. The molecule has 94 valence electrons. The van der Waals surface area contributed by atoms with Gasteiger partial charge in [0.1, 0.15) is 6.54 Å². The number of hydrogen-bond acceptors (Lipinski definition) is 6. The van der Waals surface area contributed by atoms with Crippen LogP contribution in [0, 0.1) is 0 Å². The second kappa shape index (κ2) is 4.40. The third-order valence-electron chi connectivity index (χ3n) is 2.41. The quantitative estimate of drug-likeness (QED) is 0.432. The van der Waals surface area contributed by atoms with Gasteiger partial charge in [0.2, 0.25) is 5.78 Å². The van der Waals surface area contributed by atoms with Gasteiger partial charge >= 0.3 is 11.9 Å². The van der Waals surface area contributed by atoms with E-state index in [1.54, 1.807) is 0 Å². The van der Waals surface area contributed by atoms with Gasteiger partial charge in [-0.15, -0.1) is 0 Å². The van der Waals surface area contributed by atoms with Gasteiger partial charge in [-0.1, -0.05) is 0 Å². The van der Waals surface area contributed by atoms with E-state index in [1.165, 1.54) is 0 Å². The van der Waals surface area contributed by atoms with E-state index in [0.717, 1.165) is 12.2 Å². The molecule has 1 fully saturated rings. The molecule has 2 aliphatic rings. The van der Waals surface area contributed by atoms with E-state index < -0.39 is 36.0 Å². The Bertz CT molecular complexity index is 477. The van der Waals surface area contributed by atoms with E-state index in [2.05, 4.69) is 4.84 Å². The first-order valence-corrected chi connectivity index (χ1v) is 5.08. The fourth-order valence-corrected chi connectivity index (χ4v) is 1.51. The van der Waals surface area contributed by atoms with E-state index >= 15 is 0 Å². The molecule has 18 heavy (non-hydrogen) atoms. The van der Waals surface area contributed by atoms with Crippen molar-refractivity contribution in [1.29, 1.82) is 0 Å². The molecule has 0 spiro atoms. The lowest BCUT2D eigenvalue weighted by atomic mass is 10.3. The zero-order valence-electron chi connectivity index (χ0n) is 9.12. The Balaban J connectivity index is 1.90. The Morgan fingerprint density at radius 2 is 1.78 bits per heavy atom. The van der Waals surface area contributed by atoms with Crippen LogP contribution in [0.4, 0.5) is 0 Å². The zero-order valence-corrected chi connectivity index (χ0v) is 9.12. The molecule has 2 aliphatic heterocycles. The maximum atomic E-state index is 11.4. The molecule has 2 rings (SSSR count). The number of carbonyl (C=O) groups excluding carboxylic acids is 5. The number of ketones is 1. The second-order valence-electron chi connectivity index (χ2n) is 3.64. The van der Waals surface area contributed by atoms with E-state index in [4.69, 9.17) is 0 Å². The third-order valence-corrected chi connectivity index (χ3v) is 2.41. The first-order chi connectivity index (χ1) is 8.49. The van der Waals surface area contributed by atoms with Crippen molar-refractivity contribution >= 4 is 29.5 Å². The molecule has 8 nitrogen and oxygen atoms in total. The van der Waals surface area contributed by atoms with E-state index in [9.17, 15) is 24.0 Å². The number of nitrogens with zero attached hydrogens (tertiary/aromatic N) is 2. The molecular formula is C10H8N2O6. The molecule has 0 aliphatic carbocycles. The minimum atomic E-state index is -0.955. The molecule has 3 amide bonds. The number of imide groups is 1. The lowest BCUT2D eigenvalue weighted by Gasteiger charge is -2.16. The number of hydroxylamine groups is 2. The Hall–Kier alpha value is -2.51. The topological polar surface area (TPSA) is 101 Å². The summed E-state index contributed by atoms with van der Waals surface area (Å²) in [6.45, 7) is -0.605. The summed E-state index contributed by atoms with van der Waals surface area (Å²) in [6, 6.07) is 0. The van der Waals surface area contributed by atoms with Crippen molar-refractivity contribution < 1.29 is 28.8 Å². The lowest BCUT2D eigenvalue weighted by molar-refractivity contribution is -0.194. The Morgan fingerprint density at radius 1 is 1.17 bits per heavy atom. The van der Waals surface area contributed by atoms with Crippen LogP contribution >= 0.6 is 0 Å². The van der Waals surface area contributed by atoms with Crippen LogP contribution in [0.25, 0.3) is 0 Å². The number of Topliss-reactive ketones (excluding diaryl/α,β-unsaturated/α-hetero) is 1. The summed E-state index contributed by atoms with van der Waals surface area (Å²) in [4.78, 5) is 61.0. The predicted octanol–water partition coefficient (Wildman–Crippen LogP) is -1.83. The lowest BCUT2D eigenvalue weighted by Crippen LogP contribution is -2.39. The summed E-state index contributed by atoms with van der Waals surface area (Å²) in [5.41, 5.74) is 0. The summed E-state index contributed by atoms with van der Waals surface area (Å²) in [5.74, 6) is -3.75. The van der Waals surface area contributed by atoms with Crippen molar-refractivity contribution in [3.8, 4) is 0 Å². The molecular weight excluding hydrogens is 244 g/mol. The molecule has 0 unspecified atom stereocenters. The van der Waals surface area contributed by atoms with Crippen LogP contribution in [0.5, 0.6) is 0 Å². The van der Waals surface area contributed by atoms with Crippen molar-refractivity contribution in [3.63, 3.8) is 0 Å². The smallest absolute Gasteiger partial charge is 0.336 e. The Kier molecular flexibility index (Phi) is 2.92. The van der Waals surface area contributed by atoms with E-state index in [0.29, 0.717) is 9.96 Å². The van der Waals surface area contributed by atoms with Crippen molar-refractivity contribution in [2.45, 2.75) is 6.42 Å². The fraction of sp³-hybridized carbons (Fsp3) is 0.300. The fourth-order valence-electron chi connectivity index (χ4n) is 1.51. The van der Waals surface area contributed by atoms with Gasteiger partial charge in [-0.25, -0.2) is 4.79 Å². The van der Waals surface area contributed by atoms with E-state index in [1.807, 2.05) is 0 Å². The van der Waals surface area contributed by atoms with Crippen LogP contribution in [0.3, 0.4) is 0 Å². The van der Waals surface area contributed by atoms with Gasteiger partial charge in [0.05, 0.1) is 6.54 Å². The van der Waals surface area contributed by atoms with Crippen molar-refractivity contribution in [2.75, 3.05) is 13.1 Å². The largest absolute Gasteiger partial charge is 0.352 e. The second-order valence-corrected chi connectivity index (χ2v) is 3.64. The molecule has 0 atom stereocenters. The highest BCUT2D eigenvalue weighted by Crippen LogP contribution is 2.08. The number of carbonyl (C=O) groups is 5. The van der Waals surface area contributed by atoms with Gasteiger partial charge < -0.3 is 4.84 Å². The van der Waals surface area contributed by atoms with Crippen molar-refractivity contribution in [3.05, 3.63) is 12.2 Å². The first kappa shape index (κ1) is 12.0. The molecule has 0 N–H and O–H groups in total. The van der Waals surface area contributed by atoms with Crippen LogP contribution in [-0.4, -0.2) is 52.5 Å². The van der Waals surface area contributed by atoms with Gasteiger partial charge in [0, 0.05) is 18.6 Å². The summed E-state index contributed by atoms with van der Waals surface area (Å²) in [6.07, 6.45) is 2.04. The van der Waals surface area contributed by atoms with Gasteiger partial charge in [0.15, 0.2) is 0 Å². The van der Waals surface area contributed by atoms with Gasteiger partial charge in [-0.2, -0.15) is 5.06 Å². The van der Waals surface area contributed by atoms with Crippen LogP contribution in [-0.2, 0) is 28.8 Å². The van der Waals surface area contributed by atoms with Gasteiger partial charge in [0.25, 0.3) is 11.8 Å².